The molecule has 4 bridgehead atoms. The van der Waals surface area contributed by atoms with Crippen LogP contribution in [0.15, 0.2) is 23.6 Å². The van der Waals surface area contributed by atoms with Crippen LogP contribution < -0.4 is 10.1 Å². The Kier molecular flexibility index (Phi) is 5.54. The van der Waals surface area contributed by atoms with Gasteiger partial charge in [-0.25, -0.2) is 14.5 Å². The van der Waals surface area contributed by atoms with Crippen molar-refractivity contribution in [1.29, 1.82) is 0 Å². The zero-order valence-corrected chi connectivity index (χ0v) is 17.5. The van der Waals surface area contributed by atoms with Gasteiger partial charge >= 0.3 is 6.09 Å². The van der Waals surface area contributed by atoms with Gasteiger partial charge in [0.2, 0.25) is 0 Å². The minimum absolute atomic E-state index is 0.0548. The summed E-state index contributed by atoms with van der Waals surface area (Å²) < 4.78 is 19.1. The Morgan fingerprint density at radius 3 is 3.00 bits per heavy atom. The second-order valence-electron chi connectivity index (χ2n) is 7.45. The number of thiazole rings is 1. The Morgan fingerprint density at radius 2 is 2.10 bits per heavy atom. The third kappa shape index (κ3) is 3.99. The molecule has 2 aromatic heterocycles. The van der Waals surface area contributed by atoms with Crippen molar-refractivity contribution in [3.63, 3.8) is 0 Å². The second kappa shape index (κ2) is 8.61. The first-order valence-corrected chi connectivity index (χ1v) is 11.3. The van der Waals surface area contributed by atoms with E-state index in [9.17, 15) is 4.79 Å². The zero-order valence-electron chi connectivity index (χ0n) is 16.6. The summed E-state index contributed by atoms with van der Waals surface area (Å²) in [7, 11) is 0. The highest BCUT2D eigenvalue weighted by atomic mass is 32.1. The van der Waals surface area contributed by atoms with Crippen LogP contribution in [0.1, 0.15) is 37.6 Å². The molecule has 30 heavy (non-hydrogen) atoms. The Bertz CT molecular complexity index is 1040. The fraction of sp³-hybridized carbons (Fsp3) is 0.476. The van der Waals surface area contributed by atoms with Crippen LogP contribution in [0.25, 0.3) is 21.6 Å². The van der Waals surface area contributed by atoms with Crippen molar-refractivity contribution >= 4 is 28.3 Å². The third-order valence-electron chi connectivity index (χ3n) is 5.31. The molecule has 3 aromatic rings. The Labute approximate surface area is 178 Å². The molecule has 0 aliphatic carbocycles. The number of rotatable bonds is 1. The van der Waals surface area contributed by atoms with Gasteiger partial charge in [-0.3, -0.25) is 0 Å². The maximum absolute atomic E-state index is 11.7. The molecule has 2 aliphatic rings. The lowest BCUT2D eigenvalue weighted by Crippen LogP contribution is -2.27. The summed E-state index contributed by atoms with van der Waals surface area (Å²) in [4.78, 5) is 16.5. The molecule has 1 N–H and O–H groups in total. The molecule has 1 atom stereocenters. The van der Waals surface area contributed by atoms with E-state index in [2.05, 4.69) is 5.32 Å². The highest BCUT2D eigenvalue weighted by molar-refractivity contribution is 7.13. The number of nitrogens with zero attached hydrogens (tertiary/aromatic N) is 3. The van der Waals surface area contributed by atoms with E-state index in [1.807, 2.05) is 28.3 Å². The van der Waals surface area contributed by atoms with Gasteiger partial charge in [-0.15, -0.1) is 11.3 Å². The lowest BCUT2D eigenvalue weighted by atomic mass is 10.1. The van der Waals surface area contributed by atoms with Gasteiger partial charge in [0.1, 0.15) is 16.5 Å². The number of aromatic nitrogens is 3. The molecule has 2 aliphatic heterocycles. The van der Waals surface area contributed by atoms with Gasteiger partial charge in [-0.05, 0) is 43.9 Å². The minimum atomic E-state index is -0.410. The van der Waals surface area contributed by atoms with E-state index in [0.717, 1.165) is 58.9 Å². The fourth-order valence-electron chi connectivity index (χ4n) is 3.79. The molecule has 4 heterocycles. The molecule has 1 amide bonds. The molecular formula is C21H24N4O4S. The van der Waals surface area contributed by atoms with Crippen LogP contribution in [0.5, 0.6) is 5.75 Å². The molecule has 1 fully saturated rings. The smallest absolute Gasteiger partial charge is 0.407 e. The summed E-state index contributed by atoms with van der Waals surface area (Å²) in [5, 5.41) is 11.5. The van der Waals surface area contributed by atoms with E-state index in [1.165, 1.54) is 0 Å². The Hall–Kier alpha value is -2.65. The van der Waals surface area contributed by atoms with Crippen LogP contribution in [-0.4, -0.2) is 47.2 Å². The molecule has 0 radical (unpaired) electrons. The van der Waals surface area contributed by atoms with Crippen molar-refractivity contribution in [2.24, 2.45) is 0 Å². The van der Waals surface area contributed by atoms with Gasteiger partial charge in [0.15, 0.2) is 6.23 Å². The number of nitrogens with one attached hydrogen (secondary N) is 1. The molecule has 5 rings (SSSR count). The van der Waals surface area contributed by atoms with Crippen molar-refractivity contribution in [2.45, 2.75) is 38.3 Å². The summed E-state index contributed by atoms with van der Waals surface area (Å²) in [6.45, 7) is 2.06. The van der Waals surface area contributed by atoms with Gasteiger partial charge in [-0.2, -0.15) is 5.10 Å². The summed E-state index contributed by atoms with van der Waals surface area (Å²) >= 11 is 1.55. The first-order valence-electron chi connectivity index (χ1n) is 10.4. The molecule has 0 spiro atoms. The number of hydrogen-bond donors (Lipinski definition) is 1. The summed E-state index contributed by atoms with van der Waals surface area (Å²) in [6.07, 6.45) is 3.99. The monoisotopic (exact) mass is 428 g/mol. The van der Waals surface area contributed by atoms with Crippen LogP contribution in [0, 0.1) is 0 Å². The second-order valence-corrected chi connectivity index (χ2v) is 8.31. The maximum atomic E-state index is 11.7. The van der Waals surface area contributed by atoms with Crippen LogP contribution in [0.3, 0.4) is 0 Å². The largest absolute Gasteiger partial charge is 0.494 e. The predicted molar refractivity (Wildman–Crippen MR) is 113 cm³/mol. The van der Waals surface area contributed by atoms with Crippen molar-refractivity contribution < 1.29 is 19.0 Å². The molecule has 0 saturated carbocycles. The van der Waals surface area contributed by atoms with Gasteiger partial charge < -0.3 is 19.5 Å². The van der Waals surface area contributed by atoms with E-state index in [0.29, 0.717) is 32.6 Å². The number of carbonyl (C=O) groups is 1. The topological polar surface area (TPSA) is 87.5 Å². The number of amides is 1. The van der Waals surface area contributed by atoms with Gasteiger partial charge in [0.05, 0.1) is 24.4 Å². The third-order valence-corrected chi connectivity index (χ3v) is 6.21. The zero-order chi connectivity index (χ0) is 20.3. The number of carbonyl (C=O) groups excluding carboxylic acids is 1. The standard InChI is InChI=1S/C21H24N4O4S/c26-21-22-8-3-10-27-15-5-6-17-16(12-15)19(20-23-14(13-30-20)7-11-29-21)24-25(17)18-4-1-2-9-28-18/h5-6,12-13,18H,1-4,7-11H2,(H,22,26). The van der Waals surface area contributed by atoms with Gasteiger partial charge in [-0.1, -0.05) is 0 Å². The number of ether oxygens (including phenoxy) is 3. The Morgan fingerprint density at radius 1 is 1.13 bits per heavy atom. The fourth-order valence-corrected chi connectivity index (χ4v) is 4.64. The average Bonchev–Trinajstić information content (AvgIpc) is 3.38. The molecule has 1 unspecified atom stereocenters. The number of benzene rings is 1. The van der Waals surface area contributed by atoms with Gasteiger partial charge in [0, 0.05) is 30.3 Å². The van der Waals surface area contributed by atoms with E-state index in [1.54, 1.807) is 11.3 Å². The van der Waals surface area contributed by atoms with E-state index in [-0.39, 0.29) is 6.23 Å². The average molecular weight is 429 g/mol. The van der Waals surface area contributed by atoms with E-state index in [4.69, 9.17) is 24.3 Å². The number of alkyl carbamates (subject to hydrolysis) is 1. The number of fused-ring (bicyclic) bond motifs is 4. The van der Waals surface area contributed by atoms with Crippen LogP contribution in [0.4, 0.5) is 4.79 Å². The highest BCUT2D eigenvalue weighted by Gasteiger charge is 2.23. The van der Waals surface area contributed by atoms with E-state index < -0.39 is 6.09 Å². The van der Waals surface area contributed by atoms with Crippen molar-refractivity contribution in [1.82, 2.24) is 20.1 Å². The number of hydrogen-bond acceptors (Lipinski definition) is 7. The predicted octanol–water partition coefficient (Wildman–Crippen LogP) is 3.91. The molecule has 1 saturated heterocycles. The van der Waals surface area contributed by atoms with Crippen LogP contribution >= 0.6 is 11.3 Å². The minimum Gasteiger partial charge on any atom is -0.494 e. The van der Waals surface area contributed by atoms with Crippen molar-refractivity contribution in [2.75, 3.05) is 26.4 Å². The summed E-state index contributed by atoms with van der Waals surface area (Å²) in [5.41, 5.74) is 2.75. The van der Waals surface area contributed by atoms with Crippen molar-refractivity contribution in [3.8, 4) is 16.5 Å². The lowest BCUT2D eigenvalue weighted by molar-refractivity contribution is -0.0365. The van der Waals surface area contributed by atoms with E-state index >= 15 is 0 Å². The van der Waals surface area contributed by atoms with Crippen LogP contribution in [-0.2, 0) is 15.9 Å². The maximum Gasteiger partial charge on any atom is 0.407 e. The normalized spacial score (nSPS) is 20.5. The Balaban J connectivity index is 1.55. The number of cyclic esters (lactones) is 1. The molecule has 9 heteroatoms. The van der Waals surface area contributed by atoms with Gasteiger partial charge in [0.25, 0.3) is 0 Å². The molecule has 158 valence electrons. The summed E-state index contributed by atoms with van der Waals surface area (Å²) in [6, 6.07) is 6.04. The van der Waals surface area contributed by atoms with Crippen LogP contribution in [0.2, 0.25) is 0 Å². The first-order chi connectivity index (χ1) is 14.8. The molecule has 8 nitrogen and oxygen atoms in total. The lowest BCUT2D eigenvalue weighted by Gasteiger charge is -2.23. The molecular weight excluding hydrogens is 404 g/mol. The SMILES string of the molecule is O=C1NCCCOc2ccc3c(c2)c(nn3C2CCCCO2)-c2nc(cs2)CCO1. The quantitative estimate of drug-likeness (QED) is 0.632. The molecule has 1 aromatic carbocycles. The highest BCUT2D eigenvalue weighted by Crippen LogP contribution is 2.36. The van der Waals surface area contributed by atoms with Crippen molar-refractivity contribution in [3.05, 3.63) is 29.3 Å². The summed E-state index contributed by atoms with van der Waals surface area (Å²) in [5.74, 6) is 0.777. The first kappa shape index (κ1) is 19.3.